The van der Waals surface area contributed by atoms with E-state index in [0.29, 0.717) is 5.56 Å². The molecule has 0 bridgehead atoms. The topological polar surface area (TPSA) is 247 Å². The number of ketones is 1. The minimum absolute atomic E-state index is 0.0666. The summed E-state index contributed by atoms with van der Waals surface area (Å²) in [5.41, 5.74) is 17.6. The number of nitrogens with zero attached hydrogens (tertiary/aromatic N) is 2. The number of aryl methyl sites for hydroxylation is 3. The van der Waals surface area contributed by atoms with Gasteiger partial charge in [0.05, 0.1) is 26.9 Å². The molecule has 0 atom stereocenters. The van der Waals surface area contributed by atoms with Crippen LogP contribution >= 0.6 is 0 Å². The summed E-state index contributed by atoms with van der Waals surface area (Å²) in [7, 11) is -6.03. The lowest BCUT2D eigenvalue weighted by Gasteiger charge is -2.28. The van der Waals surface area contributed by atoms with Crippen LogP contribution in [-0.2, 0) is 32.1 Å². The first-order valence-corrected chi connectivity index (χ1v) is 20.0. The number of fused-ring (bicyclic) bond motifs is 1. The molecule has 1 aromatic heterocycles. The van der Waals surface area contributed by atoms with Crippen LogP contribution in [0.3, 0.4) is 0 Å². The Labute approximate surface area is 331 Å². The number of guanidine groups is 1. The van der Waals surface area contributed by atoms with Crippen LogP contribution in [0.15, 0.2) is 149 Å². The van der Waals surface area contributed by atoms with Crippen molar-refractivity contribution in [1.82, 2.24) is 10.7 Å². The monoisotopic (exact) mass is 814 g/mol. The van der Waals surface area contributed by atoms with Gasteiger partial charge >= 0.3 is 0 Å². The number of para-hydroxylation sites is 1. The Kier molecular flexibility index (Phi) is 14.1. The van der Waals surface area contributed by atoms with Gasteiger partial charge in [-0.3, -0.25) is 24.1 Å². The van der Waals surface area contributed by atoms with Gasteiger partial charge in [-0.05, 0) is 87.5 Å². The SMILES string of the molecule is CC(=O)C1(NN=C(N)N)C=CC(NC(=O)c2ccc(Nc3cc[n+](C)c4ccccc34)cc2)C=C1.Cc1ccc(S(=O)(=O)O)cc1.Cc1ccc(S(=O)(=O)O)cc1. The number of benzene rings is 4. The number of aromatic nitrogens is 1. The van der Waals surface area contributed by atoms with Crippen LogP contribution in [-0.4, -0.2) is 55.2 Å². The highest BCUT2D eigenvalue weighted by Crippen LogP contribution is 2.25. The summed E-state index contributed by atoms with van der Waals surface area (Å²) < 4.78 is 61.2. The quantitative estimate of drug-likeness (QED) is 0.0276. The summed E-state index contributed by atoms with van der Waals surface area (Å²) in [6.45, 7) is 5.11. The molecule has 4 aromatic carbocycles. The van der Waals surface area contributed by atoms with Gasteiger partial charge in [-0.25, -0.2) is 4.57 Å². The van der Waals surface area contributed by atoms with Crippen LogP contribution in [0.1, 0.15) is 28.4 Å². The second-order valence-electron chi connectivity index (χ2n) is 12.9. The summed E-state index contributed by atoms with van der Waals surface area (Å²) in [5, 5.41) is 11.2. The van der Waals surface area contributed by atoms with E-state index in [-0.39, 0.29) is 33.5 Å². The van der Waals surface area contributed by atoms with Crippen molar-refractivity contribution in [1.29, 1.82) is 0 Å². The predicted molar refractivity (Wildman–Crippen MR) is 219 cm³/mol. The molecule has 1 aliphatic carbocycles. The number of hydrogen-bond donors (Lipinski definition) is 7. The highest BCUT2D eigenvalue weighted by Gasteiger charge is 2.32. The van der Waals surface area contributed by atoms with Crippen molar-refractivity contribution in [3.8, 4) is 0 Å². The van der Waals surface area contributed by atoms with Gasteiger partial charge in [0.1, 0.15) is 12.6 Å². The summed E-state index contributed by atoms with van der Waals surface area (Å²) in [4.78, 5) is 24.8. The Balaban J connectivity index is 0.000000265. The van der Waals surface area contributed by atoms with E-state index in [2.05, 4.69) is 37.9 Å². The van der Waals surface area contributed by atoms with Crippen molar-refractivity contribution in [2.45, 2.75) is 42.1 Å². The van der Waals surface area contributed by atoms with E-state index in [1.807, 2.05) is 57.4 Å². The number of carbonyl (C=O) groups excluding carboxylic acids is 2. The fourth-order valence-corrected chi connectivity index (χ4v) is 6.22. The number of nitrogens with one attached hydrogen (secondary N) is 3. The molecule has 0 spiro atoms. The highest BCUT2D eigenvalue weighted by molar-refractivity contribution is 7.86. The molecular formula is C40H44N7O8S2+. The number of hydrazone groups is 1. The van der Waals surface area contributed by atoms with Crippen LogP contribution in [0.2, 0.25) is 0 Å². The van der Waals surface area contributed by atoms with E-state index < -0.39 is 25.8 Å². The summed E-state index contributed by atoms with van der Waals surface area (Å²) in [6, 6.07) is 29.0. The molecule has 0 saturated heterocycles. The van der Waals surface area contributed by atoms with Gasteiger partial charge in [0.15, 0.2) is 12.0 Å². The molecule has 298 valence electrons. The van der Waals surface area contributed by atoms with E-state index in [1.165, 1.54) is 31.2 Å². The first-order chi connectivity index (χ1) is 26.8. The largest absolute Gasteiger partial charge is 0.369 e. The third-order valence-electron chi connectivity index (χ3n) is 8.49. The Morgan fingerprint density at radius 1 is 0.754 bits per heavy atom. The maximum Gasteiger partial charge on any atom is 0.294 e. The lowest BCUT2D eigenvalue weighted by atomic mass is 9.89. The third kappa shape index (κ3) is 12.3. The van der Waals surface area contributed by atoms with Gasteiger partial charge < -0.3 is 22.1 Å². The van der Waals surface area contributed by atoms with Crippen LogP contribution in [0.4, 0.5) is 11.4 Å². The van der Waals surface area contributed by atoms with Gasteiger partial charge in [-0.1, -0.05) is 59.7 Å². The Bertz CT molecular complexity index is 2450. The number of Topliss-reactive ketones (excluding diaryl/α,β-unsaturated/α-hetero) is 1. The fourth-order valence-electron chi connectivity index (χ4n) is 5.26. The zero-order valence-electron chi connectivity index (χ0n) is 31.5. The minimum atomic E-state index is -4.02. The van der Waals surface area contributed by atoms with Crippen molar-refractivity contribution in [3.05, 3.63) is 150 Å². The molecule has 6 rings (SSSR count). The first-order valence-electron chi connectivity index (χ1n) is 17.2. The summed E-state index contributed by atoms with van der Waals surface area (Å²) in [5.74, 6) is -0.612. The van der Waals surface area contributed by atoms with Crippen molar-refractivity contribution < 1.29 is 40.1 Å². The predicted octanol–water partition coefficient (Wildman–Crippen LogP) is 4.22. The minimum Gasteiger partial charge on any atom is -0.369 e. The third-order valence-corrected chi connectivity index (χ3v) is 10.2. The molecule has 57 heavy (non-hydrogen) atoms. The summed E-state index contributed by atoms with van der Waals surface area (Å²) >= 11 is 0. The normalized spacial score (nSPS) is 15.9. The molecule has 1 heterocycles. The highest BCUT2D eigenvalue weighted by atomic mass is 32.2. The second kappa shape index (κ2) is 18.5. The van der Waals surface area contributed by atoms with Gasteiger partial charge in [0.25, 0.3) is 26.1 Å². The van der Waals surface area contributed by atoms with Crippen molar-refractivity contribution in [2.75, 3.05) is 5.32 Å². The summed E-state index contributed by atoms with van der Waals surface area (Å²) in [6.07, 6.45) is 8.69. The van der Waals surface area contributed by atoms with E-state index in [1.54, 1.807) is 60.7 Å². The number of pyridine rings is 1. The maximum atomic E-state index is 12.8. The van der Waals surface area contributed by atoms with Crippen LogP contribution in [0.25, 0.3) is 10.9 Å². The molecule has 0 unspecified atom stereocenters. The maximum absolute atomic E-state index is 12.8. The lowest BCUT2D eigenvalue weighted by molar-refractivity contribution is -0.644. The molecule has 0 fully saturated rings. The molecule has 15 nitrogen and oxygen atoms in total. The van der Waals surface area contributed by atoms with E-state index in [4.69, 9.17) is 20.6 Å². The zero-order valence-corrected chi connectivity index (χ0v) is 33.1. The smallest absolute Gasteiger partial charge is 0.294 e. The molecule has 0 saturated carbocycles. The number of amides is 1. The first kappa shape index (κ1) is 43.3. The Morgan fingerprint density at radius 2 is 1.26 bits per heavy atom. The van der Waals surface area contributed by atoms with Crippen molar-refractivity contribution >= 4 is 60.2 Å². The van der Waals surface area contributed by atoms with E-state index in [0.717, 1.165) is 33.4 Å². The number of hydrogen-bond acceptors (Lipinski definition) is 9. The zero-order chi connectivity index (χ0) is 42.0. The van der Waals surface area contributed by atoms with Crippen molar-refractivity contribution in [3.63, 3.8) is 0 Å². The molecule has 5 aromatic rings. The van der Waals surface area contributed by atoms with Crippen LogP contribution in [0.5, 0.6) is 0 Å². The van der Waals surface area contributed by atoms with E-state index >= 15 is 0 Å². The number of anilines is 2. The van der Waals surface area contributed by atoms with E-state index in [9.17, 15) is 26.4 Å². The van der Waals surface area contributed by atoms with Gasteiger partial charge in [0.2, 0.25) is 11.5 Å². The molecule has 0 radical (unpaired) electrons. The number of rotatable bonds is 9. The molecule has 17 heteroatoms. The Morgan fingerprint density at radius 3 is 1.74 bits per heavy atom. The molecule has 0 aliphatic heterocycles. The van der Waals surface area contributed by atoms with Crippen LogP contribution < -0.4 is 32.1 Å². The second-order valence-corrected chi connectivity index (χ2v) is 15.8. The average molecular weight is 815 g/mol. The standard InChI is InChI=1S/C26H27N7O2.2C7H8O3S/c1-17(34)26(32-31-25(27)28)14-11-20(12-15-26)30-24(35)18-7-9-19(10-8-18)29-22-13-16-33(2)23-6-4-3-5-21(22)23;2*1-6-2-4-7(5-3-6)11(8,9)10/h3-16,20,32H,1-2H3,(H5,27,28,30,31,35);2*2-5H,1H3,(H,8,9,10)/p+1. The number of nitrogens with two attached hydrogens (primary N) is 2. The van der Waals surface area contributed by atoms with Crippen LogP contribution in [0, 0.1) is 13.8 Å². The molecule has 1 amide bonds. The van der Waals surface area contributed by atoms with Gasteiger partial charge in [0, 0.05) is 23.4 Å². The molecule has 1 aliphatic rings. The molecule has 9 N–H and O–H groups in total. The lowest BCUT2D eigenvalue weighted by Crippen LogP contribution is -2.49. The van der Waals surface area contributed by atoms with Crippen molar-refractivity contribution in [2.24, 2.45) is 23.6 Å². The van der Waals surface area contributed by atoms with Gasteiger partial charge in [-0.2, -0.15) is 16.8 Å². The van der Waals surface area contributed by atoms with Gasteiger partial charge in [-0.15, -0.1) is 5.10 Å². The average Bonchev–Trinajstić information content (AvgIpc) is 3.16. The fraction of sp³-hybridized carbons (Fsp3) is 0.150. The Hall–Kier alpha value is -6.40. The molecular weight excluding hydrogens is 771 g/mol. The number of carbonyl (C=O) groups is 2.